The van der Waals surface area contributed by atoms with E-state index in [2.05, 4.69) is 24.0 Å². The van der Waals surface area contributed by atoms with E-state index in [9.17, 15) is 4.79 Å². The first-order chi connectivity index (χ1) is 10.8. The summed E-state index contributed by atoms with van der Waals surface area (Å²) in [5.74, 6) is 0.148. The van der Waals surface area contributed by atoms with Crippen molar-refractivity contribution in [1.82, 2.24) is 9.80 Å². The third-order valence-electron chi connectivity index (χ3n) is 4.35. The SMILES string of the molecule is CCN1CCN(C(=O)c2ccc(-c3ccccc3)cc2)CC1. The predicted octanol–water partition coefficient (Wildman–Crippen LogP) is 3.13. The van der Waals surface area contributed by atoms with Crippen LogP contribution in [0.1, 0.15) is 17.3 Å². The Bertz CT molecular complexity index is 614. The van der Waals surface area contributed by atoms with E-state index in [0.717, 1.165) is 43.9 Å². The molecular weight excluding hydrogens is 272 g/mol. The largest absolute Gasteiger partial charge is 0.336 e. The zero-order chi connectivity index (χ0) is 15.4. The van der Waals surface area contributed by atoms with Gasteiger partial charge in [-0.3, -0.25) is 4.79 Å². The number of likely N-dealkylation sites (N-methyl/N-ethyl adjacent to an activating group) is 1. The van der Waals surface area contributed by atoms with E-state index < -0.39 is 0 Å². The summed E-state index contributed by atoms with van der Waals surface area (Å²) in [6, 6.07) is 18.2. The van der Waals surface area contributed by atoms with Crippen molar-refractivity contribution >= 4 is 5.91 Å². The number of hydrogen-bond acceptors (Lipinski definition) is 2. The van der Waals surface area contributed by atoms with Crippen molar-refractivity contribution in [3.63, 3.8) is 0 Å². The lowest BCUT2D eigenvalue weighted by atomic mass is 10.0. The summed E-state index contributed by atoms with van der Waals surface area (Å²) in [6.45, 7) is 6.84. The molecule has 2 aromatic rings. The molecular formula is C19H22N2O. The summed E-state index contributed by atoms with van der Waals surface area (Å²) in [7, 11) is 0. The average molecular weight is 294 g/mol. The Morgan fingerprint density at radius 1 is 0.864 bits per heavy atom. The second-order valence-electron chi connectivity index (χ2n) is 5.67. The summed E-state index contributed by atoms with van der Waals surface area (Å²) in [6.07, 6.45) is 0. The lowest BCUT2D eigenvalue weighted by molar-refractivity contribution is 0.0643. The fourth-order valence-corrected chi connectivity index (χ4v) is 2.89. The first kappa shape index (κ1) is 14.8. The molecule has 0 unspecified atom stereocenters. The van der Waals surface area contributed by atoms with Crippen LogP contribution in [0.25, 0.3) is 11.1 Å². The highest BCUT2D eigenvalue weighted by Gasteiger charge is 2.21. The van der Waals surface area contributed by atoms with Crippen molar-refractivity contribution in [3.05, 3.63) is 60.2 Å². The highest BCUT2D eigenvalue weighted by Crippen LogP contribution is 2.20. The number of nitrogens with zero attached hydrogens (tertiary/aromatic N) is 2. The van der Waals surface area contributed by atoms with E-state index in [0.29, 0.717) is 0 Å². The van der Waals surface area contributed by atoms with Crippen LogP contribution in [-0.2, 0) is 0 Å². The zero-order valence-corrected chi connectivity index (χ0v) is 13.0. The van der Waals surface area contributed by atoms with E-state index in [-0.39, 0.29) is 5.91 Å². The van der Waals surface area contributed by atoms with Gasteiger partial charge in [0.05, 0.1) is 0 Å². The van der Waals surface area contributed by atoms with Gasteiger partial charge in [0.1, 0.15) is 0 Å². The lowest BCUT2D eigenvalue weighted by Crippen LogP contribution is -2.48. The van der Waals surface area contributed by atoms with Crippen LogP contribution < -0.4 is 0 Å². The molecule has 3 heteroatoms. The Morgan fingerprint density at radius 2 is 1.45 bits per heavy atom. The van der Waals surface area contributed by atoms with Crippen LogP contribution in [0.4, 0.5) is 0 Å². The van der Waals surface area contributed by atoms with Crippen LogP contribution >= 0.6 is 0 Å². The molecule has 3 rings (SSSR count). The van der Waals surface area contributed by atoms with Crippen LogP contribution in [-0.4, -0.2) is 48.4 Å². The van der Waals surface area contributed by atoms with Gasteiger partial charge < -0.3 is 9.80 Å². The predicted molar refractivity (Wildman–Crippen MR) is 89.9 cm³/mol. The van der Waals surface area contributed by atoms with Crippen LogP contribution in [0.5, 0.6) is 0 Å². The van der Waals surface area contributed by atoms with Gasteiger partial charge in [-0.15, -0.1) is 0 Å². The minimum absolute atomic E-state index is 0.148. The molecule has 1 aliphatic rings. The molecule has 0 aromatic heterocycles. The highest BCUT2D eigenvalue weighted by atomic mass is 16.2. The van der Waals surface area contributed by atoms with Crippen LogP contribution in [0.3, 0.4) is 0 Å². The Hall–Kier alpha value is -2.13. The van der Waals surface area contributed by atoms with Crippen molar-refractivity contribution in [2.75, 3.05) is 32.7 Å². The summed E-state index contributed by atoms with van der Waals surface area (Å²) in [5, 5.41) is 0. The molecule has 0 atom stereocenters. The number of piperazine rings is 1. The zero-order valence-electron chi connectivity index (χ0n) is 13.0. The van der Waals surface area contributed by atoms with Gasteiger partial charge in [0.15, 0.2) is 0 Å². The van der Waals surface area contributed by atoms with Crippen molar-refractivity contribution < 1.29 is 4.79 Å². The smallest absolute Gasteiger partial charge is 0.253 e. The molecule has 0 aliphatic carbocycles. The highest BCUT2D eigenvalue weighted by molar-refractivity contribution is 5.94. The van der Waals surface area contributed by atoms with E-state index in [1.54, 1.807) is 0 Å². The molecule has 1 aliphatic heterocycles. The third kappa shape index (κ3) is 3.20. The average Bonchev–Trinajstić information content (AvgIpc) is 2.62. The van der Waals surface area contributed by atoms with E-state index in [1.807, 2.05) is 47.4 Å². The summed E-state index contributed by atoms with van der Waals surface area (Å²) >= 11 is 0. The normalized spacial score (nSPS) is 15.8. The number of carbonyl (C=O) groups is 1. The molecule has 0 bridgehead atoms. The first-order valence-corrected chi connectivity index (χ1v) is 7.95. The number of benzene rings is 2. The van der Waals surface area contributed by atoms with E-state index in [4.69, 9.17) is 0 Å². The Morgan fingerprint density at radius 3 is 2.05 bits per heavy atom. The van der Waals surface area contributed by atoms with E-state index >= 15 is 0 Å². The fourth-order valence-electron chi connectivity index (χ4n) is 2.89. The quantitative estimate of drug-likeness (QED) is 0.868. The Balaban J connectivity index is 1.69. The van der Waals surface area contributed by atoms with Gasteiger partial charge >= 0.3 is 0 Å². The van der Waals surface area contributed by atoms with Crippen LogP contribution in [0, 0.1) is 0 Å². The molecule has 0 N–H and O–H groups in total. The van der Waals surface area contributed by atoms with Gasteiger partial charge in [-0.05, 0) is 29.8 Å². The van der Waals surface area contributed by atoms with Crippen LogP contribution in [0.15, 0.2) is 54.6 Å². The van der Waals surface area contributed by atoms with Gasteiger partial charge in [0.25, 0.3) is 5.91 Å². The lowest BCUT2D eigenvalue weighted by Gasteiger charge is -2.34. The second-order valence-corrected chi connectivity index (χ2v) is 5.67. The van der Waals surface area contributed by atoms with Gasteiger partial charge in [-0.1, -0.05) is 49.4 Å². The molecule has 1 heterocycles. The third-order valence-corrected chi connectivity index (χ3v) is 4.35. The van der Waals surface area contributed by atoms with E-state index in [1.165, 1.54) is 5.56 Å². The summed E-state index contributed by atoms with van der Waals surface area (Å²) in [4.78, 5) is 16.9. The molecule has 0 radical (unpaired) electrons. The summed E-state index contributed by atoms with van der Waals surface area (Å²) in [5.41, 5.74) is 3.11. The molecule has 2 aromatic carbocycles. The van der Waals surface area contributed by atoms with Gasteiger partial charge in [0, 0.05) is 31.7 Å². The molecule has 1 amide bonds. The van der Waals surface area contributed by atoms with Crippen molar-refractivity contribution in [2.45, 2.75) is 6.92 Å². The fraction of sp³-hybridized carbons (Fsp3) is 0.316. The Kier molecular flexibility index (Phi) is 4.54. The topological polar surface area (TPSA) is 23.6 Å². The van der Waals surface area contributed by atoms with Crippen molar-refractivity contribution in [1.29, 1.82) is 0 Å². The molecule has 1 saturated heterocycles. The molecule has 114 valence electrons. The van der Waals surface area contributed by atoms with Crippen molar-refractivity contribution in [2.24, 2.45) is 0 Å². The first-order valence-electron chi connectivity index (χ1n) is 7.95. The maximum Gasteiger partial charge on any atom is 0.253 e. The standard InChI is InChI=1S/C19H22N2O/c1-2-20-12-14-21(15-13-20)19(22)18-10-8-17(9-11-18)16-6-4-3-5-7-16/h3-11H,2,12-15H2,1H3. The van der Waals surface area contributed by atoms with Crippen molar-refractivity contribution in [3.8, 4) is 11.1 Å². The summed E-state index contributed by atoms with van der Waals surface area (Å²) < 4.78 is 0. The Labute approximate surface area is 132 Å². The van der Waals surface area contributed by atoms with Gasteiger partial charge in [-0.25, -0.2) is 0 Å². The molecule has 0 spiro atoms. The van der Waals surface area contributed by atoms with Crippen LogP contribution in [0.2, 0.25) is 0 Å². The monoisotopic (exact) mass is 294 g/mol. The minimum atomic E-state index is 0.148. The minimum Gasteiger partial charge on any atom is -0.336 e. The number of hydrogen-bond donors (Lipinski definition) is 0. The molecule has 1 fully saturated rings. The molecule has 0 saturated carbocycles. The van der Waals surface area contributed by atoms with Gasteiger partial charge in [0.2, 0.25) is 0 Å². The molecule has 22 heavy (non-hydrogen) atoms. The maximum absolute atomic E-state index is 12.5. The number of carbonyl (C=O) groups excluding carboxylic acids is 1. The molecule has 3 nitrogen and oxygen atoms in total. The second kappa shape index (κ2) is 6.75. The number of amides is 1. The number of rotatable bonds is 3. The maximum atomic E-state index is 12.5. The van der Waals surface area contributed by atoms with Gasteiger partial charge in [-0.2, -0.15) is 0 Å².